The smallest absolute Gasteiger partial charge is 0.127 e. The van der Waals surface area contributed by atoms with Crippen molar-refractivity contribution >= 4 is 35.1 Å². The molecule has 1 fully saturated rings. The molecule has 1 saturated heterocycles. The fourth-order valence-electron chi connectivity index (χ4n) is 2.99. The minimum atomic E-state index is 0. The van der Waals surface area contributed by atoms with Gasteiger partial charge in [0.25, 0.3) is 0 Å². The molecule has 128 valence electrons. The van der Waals surface area contributed by atoms with Gasteiger partial charge < -0.3 is 9.88 Å². The number of thiazole rings is 1. The van der Waals surface area contributed by atoms with Crippen LogP contribution in [0.1, 0.15) is 16.7 Å². The van der Waals surface area contributed by atoms with Crippen LogP contribution in [0.25, 0.3) is 10.6 Å². The number of halogens is 1. The third-order valence-corrected chi connectivity index (χ3v) is 5.91. The van der Waals surface area contributed by atoms with E-state index in [0.29, 0.717) is 6.04 Å². The lowest BCUT2D eigenvalue weighted by molar-refractivity contribution is 0.146. The molecule has 24 heavy (non-hydrogen) atoms. The van der Waals surface area contributed by atoms with Crippen molar-refractivity contribution in [3.05, 3.63) is 46.1 Å². The fourth-order valence-corrected chi connectivity index (χ4v) is 4.64. The maximum Gasteiger partial charge on any atom is 0.127 e. The normalized spacial score (nSPS) is 18.5. The summed E-state index contributed by atoms with van der Waals surface area (Å²) in [4.78, 5) is 13.0. The summed E-state index contributed by atoms with van der Waals surface area (Å²) < 4.78 is 2.12. The van der Waals surface area contributed by atoms with Crippen molar-refractivity contribution in [3.63, 3.8) is 0 Å². The average Bonchev–Trinajstić information content (AvgIpc) is 3.29. The van der Waals surface area contributed by atoms with Crippen LogP contribution in [-0.2, 0) is 13.6 Å². The molecule has 3 aromatic rings. The van der Waals surface area contributed by atoms with Crippen LogP contribution in [0, 0.1) is 0 Å². The summed E-state index contributed by atoms with van der Waals surface area (Å²) in [5.74, 6) is 1.12. The van der Waals surface area contributed by atoms with Gasteiger partial charge in [-0.3, -0.25) is 4.90 Å². The Balaban J connectivity index is 0.00000169. The van der Waals surface area contributed by atoms with E-state index in [1.807, 2.05) is 18.6 Å². The topological polar surface area (TPSA) is 46.0 Å². The summed E-state index contributed by atoms with van der Waals surface area (Å²) >= 11 is 3.51. The zero-order valence-corrected chi connectivity index (χ0v) is 15.8. The maximum atomic E-state index is 4.59. The van der Waals surface area contributed by atoms with E-state index < -0.39 is 0 Å². The Morgan fingerprint density at radius 1 is 1.38 bits per heavy atom. The van der Waals surface area contributed by atoms with Crippen LogP contribution in [0.5, 0.6) is 0 Å². The molecule has 1 aliphatic heterocycles. The number of thiophene rings is 1. The van der Waals surface area contributed by atoms with Crippen molar-refractivity contribution in [1.82, 2.24) is 24.8 Å². The Morgan fingerprint density at radius 2 is 2.29 bits per heavy atom. The van der Waals surface area contributed by atoms with E-state index >= 15 is 0 Å². The van der Waals surface area contributed by atoms with E-state index in [1.54, 1.807) is 22.7 Å². The van der Waals surface area contributed by atoms with Crippen LogP contribution in [0.3, 0.4) is 0 Å². The minimum Gasteiger partial charge on any atom is -0.337 e. The van der Waals surface area contributed by atoms with Crippen molar-refractivity contribution in [2.45, 2.75) is 12.6 Å². The average molecular weight is 382 g/mol. The monoisotopic (exact) mass is 381 g/mol. The fraction of sp³-hybridized carbons (Fsp3) is 0.375. The zero-order chi connectivity index (χ0) is 15.6. The summed E-state index contributed by atoms with van der Waals surface area (Å²) in [6.07, 6.45) is 5.92. The number of nitrogens with one attached hydrogen (secondary N) is 1. The molecule has 0 saturated carbocycles. The van der Waals surface area contributed by atoms with Gasteiger partial charge in [-0.2, -0.15) is 11.3 Å². The third-order valence-electron chi connectivity index (χ3n) is 4.19. The number of hydrogen-bond acceptors (Lipinski definition) is 6. The van der Waals surface area contributed by atoms with Gasteiger partial charge >= 0.3 is 0 Å². The van der Waals surface area contributed by atoms with Gasteiger partial charge in [0.2, 0.25) is 0 Å². The number of hydrogen-bond donors (Lipinski definition) is 1. The molecule has 1 aliphatic rings. The molecule has 0 radical (unpaired) electrons. The van der Waals surface area contributed by atoms with Crippen LogP contribution < -0.4 is 5.32 Å². The Kier molecular flexibility index (Phi) is 5.68. The Labute approximate surface area is 155 Å². The van der Waals surface area contributed by atoms with Crippen LogP contribution in [0.2, 0.25) is 0 Å². The molecule has 8 heteroatoms. The predicted molar refractivity (Wildman–Crippen MR) is 102 cm³/mol. The molecule has 4 heterocycles. The molecule has 5 nitrogen and oxygen atoms in total. The number of aromatic nitrogens is 3. The van der Waals surface area contributed by atoms with Crippen LogP contribution in [0.4, 0.5) is 0 Å². The summed E-state index contributed by atoms with van der Waals surface area (Å²) in [5.41, 5.74) is 1.23. The van der Waals surface area contributed by atoms with Gasteiger partial charge in [-0.25, -0.2) is 9.97 Å². The first-order valence-electron chi connectivity index (χ1n) is 7.70. The first kappa shape index (κ1) is 17.6. The Bertz CT molecular complexity index is 767. The number of aryl methyl sites for hydroxylation is 1. The van der Waals surface area contributed by atoms with E-state index in [0.717, 1.165) is 37.0 Å². The van der Waals surface area contributed by atoms with Crippen molar-refractivity contribution in [2.24, 2.45) is 7.05 Å². The van der Waals surface area contributed by atoms with Gasteiger partial charge in [-0.15, -0.1) is 23.7 Å². The molecule has 0 aromatic carbocycles. The molecule has 4 rings (SSSR count). The Hall–Kier alpha value is -1.25. The summed E-state index contributed by atoms with van der Waals surface area (Å²) in [5, 5.41) is 8.86. The number of imidazole rings is 1. The van der Waals surface area contributed by atoms with Crippen molar-refractivity contribution in [2.75, 3.05) is 19.6 Å². The molecule has 0 aliphatic carbocycles. The van der Waals surface area contributed by atoms with Gasteiger partial charge in [0.05, 0.1) is 6.04 Å². The van der Waals surface area contributed by atoms with E-state index in [4.69, 9.17) is 0 Å². The predicted octanol–water partition coefficient (Wildman–Crippen LogP) is 3.17. The second kappa shape index (κ2) is 7.76. The van der Waals surface area contributed by atoms with Crippen LogP contribution in [0.15, 0.2) is 35.4 Å². The van der Waals surface area contributed by atoms with E-state index in [1.165, 1.54) is 10.4 Å². The molecule has 0 bridgehead atoms. The van der Waals surface area contributed by atoms with Gasteiger partial charge in [0.15, 0.2) is 0 Å². The lowest BCUT2D eigenvalue weighted by Crippen LogP contribution is -2.46. The van der Waals surface area contributed by atoms with E-state index in [9.17, 15) is 0 Å². The number of rotatable bonds is 4. The van der Waals surface area contributed by atoms with Gasteiger partial charge in [0.1, 0.15) is 10.8 Å². The second-order valence-electron chi connectivity index (χ2n) is 5.73. The summed E-state index contributed by atoms with van der Waals surface area (Å²) in [6.45, 7) is 3.93. The van der Waals surface area contributed by atoms with E-state index in [2.05, 4.69) is 48.6 Å². The molecule has 0 spiro atoms. The van der Waals surface area contributed by atoms with Gasteiger partial charge in [0, 0.05) is 67.6 Å². The third kappa shape index (κ3) is 3.55. The molecular weight excluding hydrogens is 362 g/mol. The SMILES string of the molecule is Cl.Cn1ccnc1C1CNCCN1Cc1cnc(-c2ccsc2)s1. The highest BCUT2D eigenvalue weighted by Crippen LogP contribution is 2.29. The quantitative estimate of drug-likeness (QED) is 0.754. The van der Waals surface area contributed by atoms with Crippen LogP contribution in [-0.4, -0.2) is 39.1 Å². The zero-order valence-electron chi connectivity index (χ0n) is 13.4. The van der Waals surface area contributed by atoms with E-state index in [-0.39, 0.29) is 12.4 Å². The highest BCUT2D eigenvalue weighted by molar-refractivity contribution is 7.15. The highest BCUT2D eigenvalue weighted by atomic mass is 35.5. The molecule has 1 unspecified atom stereocenters. The van der Waals surface area contributed by atoms with Gasteiger partial charge in [-0.1, -0.05) is 0 Å². The number of nitrogens with zero attached hydrogens (tertiary/aromatic N) is 4. The van der Waals surface area contributed by atoms with Gasteiger partial charge in [-0.05, 0) is 11.4 Å². The van der Waals surface area contributed by atoms with Crippen molar-refractivity contribution < 1.29 is 0 Å². The highest BCUT2D eigenvalue weighted by Gasteiger charge is 2.27. The number of piperazine rings is 1. The standard InChI is InChI=1S/C16H19N5S2.ClH/c1-20-5-4-18-15(20)14-9-17-3-6-21(14)10-13-8-19-16(23-13)12-2-7-22-11-12;/h2,4-5,7-8,11,14,17H,3,6,9-10H2,1H3;1H. The largest absolute Gasteiger partial charge is 0.337 e. The second-order valence-corrected chi connectivity index (χ2v) is 7.63. The molecular formula is C16H20ClN5S2. The van der Waals surface area contributed by atoms with Crippen molar-refractivity contribution in [1.29, 1.82) is 0 Å². The molecule has 3 aromatic heterocycles. The first-order valence-corrected chi connectivity index (χ1v) is 9.46. The molecule has 1 atom stereocenters. The van der Waals surface area contributed by atoms with Crippen LogP contribution >= 0.6 is 35.1 Å². The summed E-state index contributed by atoms with van der Waals surface area (Å²) in [6, 6.07) is 2.45. The lowest BCUT2D eigenvalue weighted by Gasteiger charge is -2.35. The maximum absolute atomic E-state index is 4.59. The molecule has 0 amide bonds. The summed E-state index contributed by atoms with van der Waals surface area (Å²) in [7, 11) is 2.07. The van der Waals surface area contributed by atoms with Crippen molar-refractivity contribution in [3.8, 4) is 10.6 Å². The molecule has 1 N–H and O–H groups in total. The first-order chi connectivity index (χ1) is 11.3. The Morgan fingerprint density at radius 3 is 3.04 bits per heavy atom. The minimum absolute atomic E-state index is 0. The lowest BCUT2D eigenvalue weighted by atomic mass is 10.1.